The molecule has 1 aliphatic heterocycles. The minimum atomic E-state index is -0.263. The second-order valence-electron chi connectivity index (χ2n) is 6.06. The molecule has 1 aliphatic carbocycles. The maximum atomic E-state index is 13.8. The van der Waals surface area contributed by atoms with Crippen LogP contribution in [0.2, 0.25) is 0 Å². The lowest BCUT2D eigenvalue weighted by Gasteiger charge is -2.18. The zero-order valence-electron chi connectivity index (χ0n) is 12.0. The quantitative estimate of drug-likeness (QED) is 0.919. The minimum Gasteiger partial charge on any atom is -0.491 e. The van der Waals surface area contributed by atoms with E-state index in [9.17, 15) is 4.39 Å². The SMILES string of the molecule is CCOc1ccc(CN2CC3CCC(N)C3C2)cc1F. The fourth-order valence-corrected chi connectivity index (χ4v) is 3.70. The molecule has 3 rings (SSSR count). The van der Waals surface area contributed by atoms with Gasteiger partial charge in [0, 0.05) is 25.7 Å². The number of ether oxygens (including phenoxy) is 1. The average molecular weight is 278 g/mol. The van der Waals surface area contributed by atoms with Gasteiger partial charge in [-0.2, -0.15) is 0 Å². The zero-order valence-corrected chi connectivity index (χ0v) is 12.0. The third-order valence-electron chi connectivity index (χ3n) is 4.69. The number of fused-ring (bicyclic) bond motifs is 1. The Morgan fingerprint density at radius 3 is 2.90 bits per heavy atom. The maximum Gasteiger partial charge on any atom is 0.165 e. The van der Waals surface area contributed by atoms with Gasteiger partial charge in [-0.1, -0.05) is 6.07 Å². The molecule has 3 unspecified atom stereocenters. The van der Waals surface area contributed by atoms with Gasteiger partial charge in [-0.25, -0.2) is 4.39 Å². The lowest BCUT2D eigenvalue weighted by Crippen LogP contribution is -2.30. The van der Waals surface area contributed by atoms with Crippen LogP contribution in [0.15, 0.2) is 18.2 Å². The van der Waals surface area contributed by atoms with Crippen molar-refractivity contribution < 1.29 is 9.13 Å². The highest BCUT2D eigenvalue weighted by molar-refractivity contribution is 5.29. The first-order valence-corrected chi connectivity index (χ1v) is 7.56. The van der Waals surface area contributed by atoms with Gasteiger partial charge in [-0.3, -0.25) is 4.90 Å². The standard InChI is InChI=1S/C16H23FN2O/c1-2-20-16-6-3-11(7-14(16)17)8-19-9-12-4-5-15(18)13(12)10-19/h3,6-7,12-13,15H,2,4-5,8-10,18H2,1H3. The summed E-state index contributed by atoms with van der Waals surface area (Å²) in [6, 6.07) is 5.65. The van der Waals surface area contributed by atoms with Crippen LogP contribution in [-0.2, 0) is 6.54 Å². The number of halogens is 1. The van der Waals surface area contributed by atoms with Crippen LogP contribution < -0.4 is 10.5 Å². The van der Waals surface area contributed by atoms with E-state index in [4.69, 9.17) is 10.5 Å². The van der Waals surface area contributed by atoms with Crippen LogP contribution in [0.5, 0.6) is 5.75 Å². The molecule has 4 heteroatoms. The number of hydrogen-bond acceptors (Lipinski definition) is 3. The molecule has 0 radical (unpaired) electrons. The first kappa shape index (κ1) is 13.8. The molecule has 2 N–H and O–H groups in total. The van der Waals surface area contributed by atoms with Crippen LogP contribution in [0.4, 0.5) is 4.39 Å². The van der Waals surface area contributed by atoms with Crippen molar-refractivity contribution in [3.63, 3.8) is 0 Å². The smallest absolute Gasteiger partial charge is 0.165 e. The summed E-state index contributed by atoms with van der Waals surface area (Å²) in [4.78, 5) is 2.41. The molecule has 3 nitrogen and oxygen atoms in total. The lowest BCUT2D eigenvalue weighted by molar-refractivity contribution is 0.296. The Bertz CT molecular complexity index is 480. The molecule has 110 valence electrons. The number of nitrogens with zero attached hydrogens (tertiary/aromatic N) is 1. The first-order chi connectivity index (χ1) is 9.67. The van der Waals surface area contributed by atoms with E-state index in [0.717, 1.165) is 31.1 Å². The molecule has 1 aromatic carbocycles. The van der Waals surface area contributed by atoms with Gasteiger partial charge in [0.15, 0.2) is 11.6 Å². The van der Waals surface area contributed by atoms with Gasteiger partial charge >= 0.3 is 0 Å². The van der Waals surface area contributed by atoms with Crippen molar-refractivity contribution >= 4 is 0 Å². The first-order valence-electron chi connectivity index (χ1n) is 7.56. The van der Waals surface area contributed by atoms with Crippen molar-refractivity contribution in [1.82, 2.24) is 4.90 Å². The van der Waals surface area contributed by atoms with Gasteiger partial charge in [-0.15, -0.1) is 0 Å². The molecule has 2 aliphatic rings. The molecule has 0 amide bonds. The Morgan fingerprint density at radius 2 is 2.20 bits per heavy atom. The minimum absolute atomic E-state index is 0.263. The summed E-state index contributed by atoms with van der Waals surface area (Å²) in [6.07, 6.45) is 2.42. The Hall–Kier alpha value is -1.13. The molecule has 2 fully saturated rings. The van der Waals surface area contributed by atoms with E-state index in [2.05, 4.69) is 4.90 Å². The number of hydrogen-bond donors (Lipinski definition) is 1. The predicted octanol–water partition coefficient (Wildman–Crippen LogP) is 2.39. The third kappa shape index (κ3) is 2.67. The molecular weight excluding hydrogens is 255 g/mol. The monoisotopic (exact) mass is 278 g/mol. The Balaban J connectivity index is 1.63. The van der Waals surface area contributed by atoms with Crippen molar-refractivity contribution in [1.29, 1.82) is 0 Å². The van der Waals surface area contributed by atoms with Crippen molar-refractivity contribution in [2.75, 3.05) is 19.7 Å². The van der Waals surface area contributed by atoms with Crippen LogP contribution in [-0.4, -0.2) is 30.6 Å². The normalized spacial score (nSPS) is 29.6. The number of rotatable bonds is 4. The van der Waals surface area contributed by atoms with E-state index in [1.54, 1.807) is 12.1 Å². The van der Waals surface area contributed by atoms with E-state index >= 15 is 0 Å². The van der Waals surface area contributed by atoms with Gasteiger partial charge in [0.1, 0.15) is 0 Å². The van der Waals surface area contributed by atoms with Gasteiger partial charge in [0.2, 0.25) is 0 Å². The Morgan fingerprint density at radius 1 is 1.35 bits per heavy atom. The second kappa shape index (κ2) is 5.70. The van der Waals surface area contributed by atoms with E-state index in [0.29, 0.717) is 24.3 Å². The van der Waals surface area contributed by atoms with Gasteiger partial charge in [-0.05, 0) is 49.3 Å². The number of benzene rings is 1. The maximum absolute atomic E-state index is 13.8. The average Bonchev–Trinajstić information content (AvgIpc) is 2.96. The van der Waals surface area contributed by atoms with Crippen molar-refractivity contribution in [3.05, 3.63) is 29.6 Å². The van der Waals surface area contributed by atoms with Crippen LogP contribution in [0, 0.1) is 17.7 Å². The highest BCUT2D eigenvalue weighted by atomic mass is 19.1. The highest BCUT2D eigenvalue weighted by Gasteiger charge is 2.40. The largest absolute Gasteiger partial charge is 0.491 e. The summed E-state index contributed by atoms with van der Waals surface area (Å²) in [5, 5.41) is 0. The molecule has 20 heavy (non-hydrogen) atoms. The topological polar surface area (TPSA) is 38.5 Å². The fraction of sp³-hybridized carbons (Fsp3) is 0.625. The summed E-state index contributed by atoms with van der Waals surface area (Å²) in [5.74, 6) is 1.47. The third-order valence-corrected chi connectivity index (χ3v) is 4.69. The van der Waals surface area contributed by atoms with Crippen LogP contribution in [0.3, 0.4) is 0 Å². The summed E-state index contributed by atoms with van der Waals surface area (Å²) in [6.45, 7) is 5.32. The van der Waals surface area contributed by atoms with Crippen molar-refractivity contribution in [3.8, 4) is 5.75 Å². The molecule has 1 saturated carbocycles. The van der Waals surface area contributed by atoms with Crippen LogP contribution in [0.25, 0.3) is 0 Å². The highest BCUT2D eigenvalue weighted by Crippen LogP contribution is 2.37. The fourth-order valence-electron chi connectivity index (χ4n) is 3.70. The van der Waals surface area contributed by atoms with Gasteiger partial charge < -0.3 is 10.5 Å². The molecule has 1 saturated heterocycles. The number of nitrogens with two attached hydrogens (primary N) is 1. The molecule has 1 heterocycles. The van der Waals surface area contributed by atoms with Gasteiger partial charge in [0.25, 0.3) is 0 Å². The lowest BCUT2D eigenvalue weighted by atomic mass is 9.98. The van der Waals surface area contributed by atoms with E-state index in [-0.39, 0.29) is 5.82 Å². The van der Waals surface area contributed by atoms with E-state index in [1.807, 2.05) is 13.0 Å². The van der Waals surface area contributed by atoms with E-state index < -0.39 is 0 Å². The van der Waals surface area contributed by atoms with Crippen molar-refractivity contribution in [2.45, 2.75) is 32.4 Å². The number of likely N-dealkylation sites (tertiary alicyclic amines) is 1. The molecular formula is C16H23FN2O. The summed E-state index contributed by atoms with van der Waals surface area (Å²) >= 11 is 0. The molecule has 0 aromatic heterocycles. The van der Waals surface area contributed by atoms with E-state index in [1.165, 1.54) is 12.8 Å². The van der Waals surface area contributed by atoms with Crippen LogP contribution in [0.1, 0.15) is 25.3 Å². The molecule has 3 atom stereocenters. The molecule has 0 spiro atoms. The van der Waals surface area contributed by atoms with Crippen molar-refractivity contribution in [2.24, 2.45) is 17.6 Å². The zero-order chi connectivity index (χ0) is 14.1. The predicted molar refractivity (Wildman–Crippen MR) is 77.0 cm³/mol. The summed E-state index contributed by atoms with van der Waals surface area (Å²) < 4.78 is 19.1. The Kier molecular flexibility index (Phi) is 3.94. The van der Waals surface area contributed by atoms with Gasteiger partial charge in [0.05, 0.1) is 6.61 Å². The summed E-state index contributed by atoms with van der Waals surface area (Å²) in [7, 11) is 0. The second-order valence-corrected chi connectivity index (χ2v) is 6.06. The molecule has 1 aromatic rings. The Labute approximate surface area is 119 Å². The summed E-state index contributed by atoms with van der Waals surface area (Å²) in [5.41, 5.74) is 7.16. The molecule has 0 bridgehead atoms. The van der Waals surface area contributed by atoms with Crippen LogP contribution >= 0.6 is 0 Å².